The molecule has 8 heavy (non-hydrogen) atoms. The Morgan fingerprint density at radius 3 is 2.00 bits per heavy atom. The molecule has 0 atom stereocenters. The molecule has 0 N–H and O–H groups in total. The minimum Gasteiger partial charge on any atom is -0.182 e. The number of hydrogen-bond donors (Lipinski definition) is 0. The summed E-state index contributed by atoms with van der Waals surface area (Å²) in [6.45, 7) is 0. The van der Waals surface area contributed by atoms with E-state index >= 15 is 0 Å². The van der Waals surface area contributed by atoms with Gasteiger partial charge in [-0.1, -0.05) is 35.2 Å². The van der Waals surface area contributed by atoms with Gasteiger partial charge in [-0.3, -0.25) is 0 Å². The first-order valence-electron chi connectivity index (χ1n) is 2.62. The molecule has 0 fully saturated rings. The van der Waals surface area contributed by atoms with E-state index in [0.717, 1.165) is 0 Å². The highest BCUT2D eigenvalue weighted by molar-refractivity contribution is 7.32. The van der Waals surface area contributed by atoms with Crippen LogP contribution in [-0.2, 0) is 0 Å². The molecule has 1 aliphatic rings. The van der Waals surface area contributed by atoms with E-state index in [2.05, 4.69) is 12.1 Å². The van der Waals surface area contributed by atoms with E-state index in [1.165, 1.54) is 10.9 Å². The molecule has 0 nitrogen and oxygen atoms in total. The highest BCUT2D eigenvalue weighted by atomic mass is 35.5. The predicted octanol–water partition coefficient (Wildman–Crippen LogP) is 0.344. The average Bonchev–Trinajstić information content (AvgIpc) is 2.46. The molecule has 0 unspecified atom stereocenters. The van der Waals surface area contributed by atoms with Gasteiger partial charge < -0.3 is 0 Å². The fraction of sp³-hybridized carbons (Fsp3) is 0. The van der Waals surface area contributed by atoms with Crippen molar-refractivity contribution in [3.8, 4) is 0 Å². The van der Waals surface area contributed by atoms with Gasteiger partial charge in [-0.2, -0.15) is 11.5 Å². The first-order chi connectivity index (χ1) is 3.89. The number of hydrogen-bond acceptors (Lipinski definition) is 0. The van der Waals surface area contributed by atoms with Crippen molar-refractivity contribution in [1.82, 2.24) is 0 Å². The van der Waals surface area contributed by atoms with Crippen LogP contribution in [0.2, 0.25) is 0 Å². The van der Waals surface area contributed by atoms with Gasteiger partial charge in [-0.15, -0.1) is 0 Å². The van der Waals surface area contributed by atoms with Gasteiger partial charge in [-0.05, 0) is 0 Å². The van der Waals surface area contributed by atoms with Gasteiger partial charge in [-0.25, -0.2) is 0 Å². The molecule has 0 aliphatic carbocycles. The lowest BCUT2D eigenvalue weighted by atomic mass is 9.97. The first kappa shape index (κ1) is 4.45. The Balaban J connectivity index is 2.58. The molecule has 1 aliphatic heterocycles. The van der Waals surface area contributed by atoms with E-state index in [1.807, 2.05) is 12.1 Å². The second kappa shape index (κ2) is 1.29. The van der Waals surface area contributed by atoms with Crippen LogP contribution in [0.1, 0.15) is 0 Å². The van der Waals surface area contributed by atoms with E-state index in [1.54, 1.807) is 0 Å². The summed E-state index contributed by atoms with van der Waals surface area (Å²) < 4.78 is 0. The number of benzene rings is 1. The third kappa shape index (κ3) is 0.425. The van der Waals surface area contributed by atoms with E-state index in [-0.39, 0.29) is 6.13 Å². The quantitative estimate of drug-likeness (QED) is 0.436. The fourth-order valence-electron chi connectivity index (χ4n) is 0.906. The van der Waals surface area contributed by atoms with Gasteiger partial charge in [0, 0.05) is 0 Å². The van der Waals surface area contributed by atoms with Crippen LogP contribution in [0.5, 0.6) is 0 Å². The summed E-state index contributed by atoms with van der Waals surface area (Å²) in [5.74, 6) is 0. The molecule has 2 heteroatoms. The normalized spacial score (nSPS) is 13.4. The Bertz CT molecular complexity index is 199. The highest BCUT2D eigenvalue weighted by Gasteiger charge is 2.33. The fourth-order valence-corrected chi connectivity index (χ4v) is 1.24. The minimum atomic E-state index is 0.241. The molecular weight excluding hydrogens is 118 g/mol. The summed E-state index contributed by atoms with van der Waals surface area (Å²) in [6.07, 6.45) is 0.241. The lowest BCUT2D eigenvalue weighted by molar-refractivity contribution is 1.87. The Morgan fingerprint density at radius 1 is 1.12 bits per heavy atom. The standard InChI is InChI=1S/C6H4BCl/c8-7-5-3-1-2-4-6(5)7/h1-4H. The van der Waals surface area contributed by atoms with Gasteiger partial charge in [0.2, 0.25) is 0 Å². The van der Waals surface area contributed by atoms with Crippen molar-refractivity contribution < 1.29 is 0 Å². The molecule has 0 amide bonds. The van der Waals surface area contributed by atoms with Gasteiger partial charge in [0.05, 0.1) is 0 Å². The molecule has 1 aromatic carbocycles. The molecule has 0 radical (unpaired) electrons. The lowest BCUT2D eigenvalue weighted by Gasteiger charge is -1.70. The zero-order valence-electron chi connectivity index (χ0n) is 4.26. The van der Waals surface area contributed by atoms with Crippen molar-refractivity contribution in [3.05, 3.63) is 24.3 Å². The van der Waals surface area contributed by atoms with Gasteiger partial charge >= 0.3 is 6.13 Å². The third-order valence-electron chi connectivity index (χ3n) is 1.46. The van der Waals surface area contributed by atoms with E-state index in [0.29, 0.717) is 0 Å². The van der Waals surface area contributed by atoms with E-state index in [4.69, 9.17) is 11.5 Å². The second-order valence-electron chi connectivity index (χ2n) is 1.99. The zero-order chi connectivity index (χ0) is 5.56. The van der Waals surface area contributed by atoms with Crippen LogP contribution in [0.15, 0.2) is 24.3 Å². The Morgan fingerprint density at radius 2 is 1.62 bits per heavy atom. The van der Waals surface area contributed by atoms with Crippen molar-refractivity contribution in [2.75, 3.05) is 0 Å². The molecule has 1 heterocycles. The first-order valence-corrected chi connectivity index (χ1v) is 3.06. The maximum atomic E-state index is 5.78. The van der Waals surface area contributed by atoms with Gasteiger partial charge in [0.25, 0.3) is 0 Å². The van der Waals surface area contributed by atoms with Crippen LogP contribution in [0.4, 0.5) is 0 Å². The monoisotopic (exact) mass is 122 g/mol. The third-order valence-corrected chi connectivity index (χ3v) is 1.93. The topological polar surface area (TPSA) is 0 Å². The molecule has 0 aromatic heterocycles. The molecule has 0 bridgehead atoms. The zero-order valence-corrected chi connectivity index (χ0v) is 5.02. The maximum absolute atomic E-state index is 5.78. The largest absolute Gasteiger partial charge is 0.314 e. The van der Waals surface area contributed by atoms with Crippen LogP contribution in [0.3, 0.4) is 0 Å². The van der Waals surface area contributed by atoms with Crippen molar-refractivity contribution in [2.24, 2.45) is 0 Å². The Kier molecular flexibility index (Phi) is 0.719. The summed E-state index contributed by atoms with van der Waals surface area (Å²) in [7, 11) is 0. The molecular formula is C6H4BCl. The van der Waals surface area contributed by atoms with Crippen LogP contribution in [0.25, 0.3) is 0 Å². The molecule has 0 saturated carbocycles. The minimum absolute atomic E-state index is 0.241. The number of rotatable bonds is 0. The molecule has 0 saturated heterocycles. The lowest BCUT2D eigenvalue weighted by Crippen LogP contribution is -1.89. The van der Waals surface area contributed by atoms with Gasteiger partial charge in [0.1, 0.15) is 0 Å². The number of halogens is 1. The summed E-state index contributed by atoms with van der Waals surface area (Å²) >= 11 is 5.78. The van der Waals surface area contributed by atoms with E-state index < -0.39 is 0 Å². The van der Waals surface area contributed by atoms with Crippen molar-refractivity contribution in [2.45, 2.75) is 0 Å². The maximum Gasteiger partial charge on any atom is 0.314 e. The van der Waals surface area contributed by atoms with Crippen LogP contribution < -0.4 is 10.9 Å². The SMILES string of the molecule is ClB1c2ccccc21. The van der Waals surface area contributed by atoms with Crippen molar-refractivity contribution in [3.63, 3.8) is 0 Å². The van der Waals surface area contributed by atoms with Crippen molar-refractivity contribution >= 4 is 28.5 Å². The highest BCUT2D eigenvalue weighted by Crippen LogP contribution is 2.03. The Labute approximate surface area is 53.5 Å². The predicted molar refractivity (Wildman–Crippen MR) is 37.3 cm³/mol. The number of fused-ring (bicyclic) bond motifs is 1. The summed E-state index contributed by atoms with van der Waals surface area (Å²) in [4.78, 5) is 0. The summed E-state index contributed by atoms with van der Waals surface area (Å²) in [5, 5.41) is 0. The molecule has 2 rings (SSSR count). The van der Waals surface area contributed by atoms with Crippen LogP contribution >= 0.6 is 11.5 Å². The smallest absolute Gasteiger partial charge is 0.182 e. The molecule has 1 aromatic rings. The van der Waals surface area contributed by atoms with Gasteiger partial charge in [0.15, 0.2) is 0 Å². The van der Waals surface area contributed by atoms with Crippen molar-refractivity contribution in [1.29, 1.82) is 0 Å². The molecule has 38 valence electrons. The second-order valence-corrected chi connectivity index (χ2v) is 2.43. The van der Waals surface area contributed by atoms with Crippen LogP contribution in [0, 0.1) is 0 Å². The molecule has 0 spiro atoms. The summed E-state index contributed by atoms with van der Waals surface area (Å²) in [6, 6.07) is 8.16. The van der Waals surface area contributed by atoms with Crippen LogP contribution in [-0.4, -0.2) is 6.13 Å². The Hall–Kier alpha value is -0.425. The summed E-state index contributed by atoms with van der Waals surface area (Å²) in [5.41, 5.74) is 2.60. The van der Waals surface area contributed by atoms with E-state index in [9.17, 15) is 0 Å². The average molecular weight is 122 g/mol.